The molecule has 6 N–H and O–H groups in total. The molecule has 0 spiro atoms. The van der Waals surface area contributed by atoms with Gasteiger partial charge in [-0.2, -0.15) is 11.8 Å². The lowest BCUT2D eigenvalue weighted by Gasteiger charge is -2.15. The fourth-order valence-electron chi connectivity index (χ4n) is 1.49. The monoisotopic (exact) mass is 327 g/mol. The van der Waals surface area contributed by atoms with E-state index in [4.69, 9.17) is 21.3 Å². The van der Waals surface area contributed by atoms with Gasteiger partial charge in [-0.05, 0) is 5.56 Å². The molecular weight excluding hydrogens is 306 g/mol. The van der Waals surface area contributed by atoms with Crippen LogP contribution in [0.25, 0.3) is 0 Å². The fraction of sp³-hybridized carbons (Fsp3) is 0.429. The Morgan fingerprint density at radius 3 is 2.55 bits per heavy atom. The summed E-state index contributed by atoms with van der Waals surface area (Å²) in [5.74, 6) is -0.393. The summed E-state index contributed by atoms with van der Waals surface area (Å²) >= 11 is 1.32. The number of alkyl carbamates (subject to hydrolysis) is 1. The van der Waals surface area contributed by atoms with Gasteiger partial charge in [0.2, 0.25) is 0 Å². The molecule has 122 valence electrons. The van der Waals surface area contributed by atoms with Crippen LogP contribution in [0.1, 0.15) is 5.56 Å². The standard InChI is InChI=1S/C14H21N3O4S/c15-6-11(16)8-22-9-12(13(18)19)17-14(20)21-7-10-4-2-1-3-5-10/h1-5,11-12H,6-9,15-16H2,(H,17,20)(H,18,19)/t11-,12+/m1/s1. The summed E-state index contributed by atoms with van der Waals surface area (Å²) in [5, 5.41) is 11.4. The maximum absolute atomic E-state index is 11.6. The van der Waals surface area contributed by atoms with Crippen LogP contribution in [0, 0.1) is 0 Å². The first-order chi connectivity index (χ1) is 10.5. The molecule has 0 aromatic heterocycles. The Bertz CT molecular complexity index is 472. The first kappa shape index (κ1) is 18.3. The molecule has 1 amide bonds. The molecule has 0 aliphatic carbocycles. The molecule has 0 aliphatic rings. The first-order valence-corrected chi connectivity index (χ1v) is 7.91. The number of nitrogens with two attached hydrogens (primary N) is 2. The number of hydrogen-bond acceptors (Lipinski definition) is 6. The highest BCUT2D eigenvalue weighted by molar-refractivity contribution is 7.99. The van der Waals surface area contributed by atoms with Crippen molar-refractivity contribution in [3.05, 3.63) is 35.9 Å². The van der Waals surface area contributed by atoms with E-state index < -0.39 is 18.1 Å². The fourth-order valence-corrected chi connectivity index (χ4v) is 2.52. The van der Waals surface area contributed by atoms with Crippen molar-refractivity contribution in [1.82, 2.24) is 5.32 Å². The van der Waals surface area contributed by atoms with Crippen molar-refractivity contribution < 1.29 is 19.4 Å². The zero-order valence-electron chi connectivity index (χ0n) is 12.1. The van der Waals surface area contributed by atoms with Crippen molar-refractivity contribution in [2.45, 2.75) is 18.7 Å². The van der Waals surface area contributed by atoms with Crippen molar-refractivity contribution in [3.63, 3.8) is 0 Å². The Labute approximate surface area is 133 Å². The van der Waals surface area contributed by atoms with Gasteiger partial charge in [-0.25, -0.2) is 9.59 Å². The third-order valence-corrected chi connectivity index (χ3v) is 3.96. The van der Waals surface area contributed by atoms with Crippen molar-refractivity contribution in [3.8, 4) is 0 Å². The van der Waals surface area contributed by atoms with Crippen LogP contribution < -0.4 is 16.8 Å². The van der Waals surface area contributed by atoms with E-state index in [1.165, 1.54) is 11.8 Å². The van der Waals surface area contributed by atoms with Gasteiger partial charge in [-0.15, -0.1) is 0 Å². The number of hydrogen-bond donors (Lipinski definition) is 4. The summed E-state index contributed by atoms with van der Waals surface area (Å²) < 4.78 is 4.99. The molecule has 22 heavy (non-hydrogen) atoms. The molecule has 0 aliphatic heterocycles. The number of carbonyl (C=O) groups is 2. The van der Waals surface area contributed by atoms with Crippen molar-refractivity contribution in [2.24, 2.45) is 11.5 Å². The lowest BCUT2D eigenvalue weighted by molar-refractivity contribution is -0.138. The molecule has 8 heteroatoms. The number of carboxylic acids is 1. The Balaban J connectivity index is 2.35. The zero-order valence-corrected chi connectivity index (χ0v) is 12.9. The Morgan fingerprint density at radius 2 is 1.95 bits per heavy atom. The van der Waals surface area contributed by atoms with Gasteiger partial charge >= 0.3 is 12.1 Å². The second-order valence-electron chi connectivity index (χ2n) is 4.63. The number of thioether (sulfide) groups is 1. The second kappa shape index (κ2) is 10.0. The van der Waals surface area contributed by atoms with Crippen LogP contribution in [0.2, 0.25) is 0 Å². The summed E-state index contributed by atoms with van der Waals surface area (Å²) in [7, 11) is 0. The van der Waals surface area contributed by atoms with Gasteiger partial charge in [0.25, 0.3) is 0 Å². The molecule has 0 saturated carbocycles. The van der Waals surface area contributed by atoms with Gasteiger partial charge in [0.15, 0.2) is 0 Å². The van der Waals surface area contributed by atoms with E-state index in [1.54, 1.807) is 0 Å². The minimum atomic E-state index is -1.12. The van der Waals surface area contributed by atoms with E-state index in [2.05, 4.69) is 5.32 Å². The quantitative estimate of drug-likeness (QED) is 0.516. The maximum atomic E-state index is 11.6. The maximum Gasteiger partial charge on any atom is 0.408 e. The van der Waals surface area contributed by atoms with Crippen molar-refractivity contribution in [1.29, 1.82) is 0 Å². The molecule has 7 nitrogen and oxygen atoms in total. The van der Waals surface area contributed by atoms with Crippen LogP contribution in [0.3, 0.4) is 0 Å². The predicted molar refractivity (Wildman–Crippen MR) is 85.5 cm³/mol. The van der Waals surface area contributed by atoms with Crippen LogP contribution in [0.4, 0.5) is 4.79 Å². The highest BCUT2D eigenvalue weighted by Crippen LogP contribution is 2.06. The van der Waals surface area contributed by atoms with Crippen LogP contribution in [-0.4, -0.2) is 47.3 Å². The van der Waals surface area contributed by atoms with Crippen LogP contribution in [0.15, 0.2) is 30.3 Å². The number of carboxylic acid groups (broad SMARTS) is 1. The molecule has 0 radical (unpaired) electrons. The largest absolute Gasteiger partial charge is 0.480 e. The average Bonchev–Trinajstić information content (AvgIpc) is 2.52. The van der Waals surface area contributed by atoms with Crippen LogP contribution in [-0.2, 0) is 16.1 Å². The van der Waals surface area contributed by atoms with Gasteiger partial charge in [0, 0.05) is 24.1 Å². The molecule has 0 heterocycles. The summed E-state index contributed by atoms with van der Waals surface area (Å²) in [5.41, 5.74) is 11.8. The molecule has 0 saturated heterocycles. The van der Waals surface area contributed by atoms with E-state index in [1.807, 2.05) is 30.3 Å². The number of amides is 1. The smallest absolute Gasteiger partial charge is 0.408 e. The highest BCUT2D eigenvalue weighted by Gasteiger charge is 2.21. The van der Waals surface area contributed by atoms with Gasteiger partial charge < -0.3 is 26.6 Å². The molecule has 1 aromatic rings. The molecule has 1 rings (SSSR count). The van der Waals surface area contributed by atoms with E-state index in [0.717, 1.165) is 5.56 Å². The summed E-state index contributed by atoms with van der Waals surface area (Å²) in [4.78, 5) is 22.7. The lowest BCUT2D eigenvalue weighted by Crippen LogP contribution is -2.43. The normalized spacial score (nSPS) is 13.2. The van der Waals surface area contributed by atoms with Gasteiger partial charge in [-0.3, -0.25) is 0 Å². The molecule has 0 unspecified atom stereocenters. The molecule has 1 aromatic carbocycles. The number of ether oxygens (including phenoxy) is 1. The first-order valence-electron chi connectivity index (χ1n) is 6.76. The van der Waals surface area contributed by atoms with Crippen molar-refractivity contribution in [2.75, 3.05) is 18.1 Å². The lowest BCUT2D eigenvalue weighted by atomic mass is 10.2. The summed E-state index contributed by atoms with van der Waals surface area (Å²) in [6.45, 7) is 0.418. The second-order valence-corrected chi connectivity index (χ2v) is 5.71. The minimum absolute atomic E-state index is 0.0875. The number of carbonyl (C=O) groups excluding carboxylic acids is 1. The van der Waals surface area contributed by atoms with Crippen LogP contribution >= 0.6 is 11.8 Å². The molecule has 2 atom stereocenters. The summed E-state index contributed by atoms with van der Waals surface area (Å²) in [6, 6.07) is 7.91. The number of nitrogens with one attached hydrogen (secondary N) is 1. The zero-order chi connectivity index (χ0) is 16.4. The molecule has 0 fully saturated rings. The van der Waals surface area contributed by atoms with E-state index >= 15 is 0 Å². The average molecular weight is 327 g/mol. The Hall–Kier alpha value is -1.77. The summed E-state index contributed by atoms with van der Waals surface area (Å²) in [6.07, 6.45) is -0.764. The van der Waals surface area contributed by atoms with E-state index in [0.29, 0.717) is 12.3 Å². The third kappa shape index (κ3) is 7.30. The number of rotatable bonds is 9. The Kier molecular flexibility index (Phi) is 8.34. The third-order valence-electron chi connectivity index (χ3n) is 2.72. The Morgan fingerprint density at radius 1 is 1.27 bits per heavy atom. The number of benzene rings is 1. The van der Waals surface area contributed by atoms with E-state index in [-0.39, 0.29) is 18.4 Å². The highest BCUT2D eigenvalue weighted by atomic mass is 32.2. The SMILES string of the molecule is NC[C@@H](N)CSC[C@H](NC(=O)OCc1ccccc1)C(=O)O. The predicted octanol–water partition coefficient (Wildman–Crippen LogP) is 0.385. The molecule has 0 bridgehead atoms. The molecular formula is C14H21N3O4S. The minimum Gasteiger partial charge on any atom is -0.480 e. The van der Waals surface area contributed by atoms with Crippen molar-refractivity contribution >= 4 is 23.8 Å². The van der Waals surface area contributed by atoms with Gasteiger partial charge in [-0.1, -0.05) is 30.3 Å². The van der Waals surface area contributed by atoms with Crippen LogP contribution in [0.5, 0.6) is 0 Å². The van der Waals surface area contributed by atoms with E-state index in [9.17, 15) is 9.59 Å². The number of aliphatic carboxylic acids is 1. The topological polar surface area (TPSA) is 128 Å². The van der Waals surface area contributed by atoms with Gasteiger partial charge in [0.05, 0.1) is 0 Å². The van der Waals surface area contributed by atoms with Gasteiger partial charge in [0.1, 0.15) is 12.6 Å².